The fraction of sp³-hybridized carbons (Fsp3) is 0.833. The first kappa shape index (κ1) is 13.1. The van der Waals surface area contributed by atoms with Crippen molar-refractivity contribution >= 4 is 12.0 Å². The van der Waals surface area contributed by atoms with E-state index in [0.717, 1.165) is 25.7 Å². The van der Waals surface area contributed by atoms with Gasteiger partial charge in [-0.25, -0.2) is 4.79 Å². The van der Waals surface area contributed by atoms with Gasteiger partial charge in [0.15, 0.2) is 0 Å². The molecule has 2 rings (SSSR count). The number of aliphatic carboxylic acids is 1. The van der Waals surface area contributed by atoms with Crippen molar-refractivity contribution in [1.29, 1.82) is 0 Å². The van der Waals surface area contributed by atoms with Gasteiger partial charge in [0.05, 0.1) is 18.8 Å². The number of amides is 2. The Hall–Kier alpha value is -1.30. The molecule has 0 aromatic rings. The second-order valence-corrected chi connectivity index (χ2v) is 4.99. The van der Waals surface area contributed by atoms with Crippen LogP contribution in [0.5, 0.6) is 0 Å². The van der Waals surface area contributed by atoms with Crippen molar-refractivity contribution in [2.24, 2.45) is 0 Å². The van der Waals surface area contributed by atoms with Crippen LogP contribution in [0.4, 0.5) is 4.79 Å². The maximum atomic E-state index is 12.2. The fourth-order valence-electron chi connectivity index (χ4n) is 2.82. The van der Waals surface area contributed by atoms with E-state index in [9.17, 15) is 9.59 Å². The average Bonchev–Trinajstić information content (AvgIpc) is 2.36. The standard InChI is InChI=1S/C12H20N2O4/c1-13(8-11(15)16)12(17)14-6-7-18-10-5-3-2-4-9(10)14/h9-10H,2-8H2,1H3,(H,15,16). The summed E-state index contributed by atoms with van der Waals surface area (Å²) >= 11 is 0. The summed E-state index contributed by atoms with van der Waals surface area (Å²) in [5.74, 6) is -0.987. The number of urea groups is 1. The summed E-state index contributed by atoms with van der Waals surface area (Å²) in [7, 11) is 1.53. The first-order valence-corrected chi connectivity index (χ1v) is 6.44. The van der Waals surface area contributed by atoms with Gasteiger partial charge in [0, 0.05) is 13.6 Å². The van der Waals surface area contributed by atoms with Crippen LogP contribution >= 0.6 is 0 Å². The fourth-order valence-corrected chi connectivity index (χ4v) is 2.82. The van der Waals surface area contributed by atoms with Crippen molar-refractivity contribution < 1.29 is 19.4 Å². The molecule has 1 aliphatic carbocycles. The molecule has 1 N–H and O–H groups in total. The molecule has 0 aromatic carbocycles. The predicted molar refractivity (Wildman–Crippen MR) is 64.4 cm³/mol. The highest BCUT2D eigenvalue weighted by atomic mass is 16.5. The summed E-state index contributed by atoms with van der Waals surface area (Å²) in [4.78, 5) is 25.9. The quantitative estimate of drug-likeness (QED) is 0.792. The zero-order valence-electron chi connectivity index (χ0n) is 10.7. The van der Waals surface area contributed by atoms with Crippen molar-refractivity contribution in [2.75, 3.05) is 26.7 Å². The average molecular weight is 256 g/mol. The van der Waals surface area contributed by atoms with Crippen molar-refractivity contribution in [3.8, 4) is 0 Å². The minimum Gasteiger partial charge on any atom is -0.480 e. The molecule has 1 saturated heterocycles. The van der Waals surface area contributed by atoms with Crippen molar-refractivity contribution in [1.82, 2.24) is 9.80 Å². The molecule has 2 fully saturated rings. The molecule has 0 bridgehead atoms. The molecule has 2 unspecified atom stereocenters. The van der Waals surface area contributed by atoms with Gasteiger partial charge in [0.1, 0.15) is 6.54 Å². The second kappa shape index (κ2) is 5.56. The third kappa shape index (κ3) is 2.75. The number of hydrogen-bond acceptors (Lipinski definition) is 3. The first-order valence-electron chi connectivity index (χ1n) is 6.44. The van der Waals surface area contributed by atoms with E-state index in [1.54, 1.807) is 4.90 Å². The van der Waals surface area contributed by atoms with Gasteiger partial charge < -0.3 is 19.6 Å². The molecule has 2 aliphatic rings. The Labute approximate surface area is 106 Å². The van der Waals surface area contributed by atoms with Gasteiger partial charge >= 0.3 is 12.0 Å². The molecule has 6 nitrogen and oxygen atoms in total. The number of carboxylic acids is 1. The molecular formula is C12H20N2O4. The Balaban J connectivity index is 2.01. The molecule has 18 heavy (non-hydrogen) atoms. The summed E-state index contributed by atoms with van der Waals surface area (Å²) < 4.78 is 5.69. The van der Waals surface area contributed by atoms with Crippen LogP contribution in [0.25, 0.3) is 0 Å². The minimum atomic E-state index is -0.987. The normalized spacial score (nSPS) is 27.5. The second-order valence-electron chi connectivity index (χ2n) is 4.99. The number of likely N-dealkylation sites (N-methyl/N-ethyl adjacent to an activating group) is 1. The Bertz CT molecular complexity index is 332. The first-order chi connectivity index (χ1) is 8.59. The number of morpholine rings is 1. The molecule has 1 saturated carbocycles. The topological polar surface area (TPSA) is 70.1 Å². The highest BCUT2D eigenvalue weighted by Crippen LogP contribution is 2.28. The van der Waals surface area contributed by atoms with Crippen LogP contribution in [0.15, 0.2) is 0 Å². The molecule has 1 heterocycles. The lowest BCUT2D eigenvalue weighted by Crippen LogP contribution is -2.58. The summed E-state index contributed by atoms with van der Waals surface area (Å²) in [6, 6.07) is -0.0751. The van der Waals surface area contributed by atoms with Crippen molar-refractivity contribution in [3.63, 3.8) is 0 Å². The molecule has 102 valence electrons. The summed E-state index contributed by atoms with van der Waals surface area (Å²) in [5.41, 5.74) is 0. The number of fused-ring (bicyclic) bond motifs is 1. The Morgan fingerprint density at radius 2 is 2.11 bits per heavy atom. The van der Waals surface area contributed by atoms with Gasteiger partial charge in [-0.05, 0) is 12.8 Å². The lowest BCUT2D eigenvalue weighted by atomic mass is 9.90. The number of carbonyl (C=O) groups is 2. The minimum absolute atomic E-state index is 0.122. The van der Waals surface area contributed by atoms with Gasteiger partial charge in [-0.2, -0.15) is 0 Å². The lowest BCUT2D eigenvalue weighted by molar-refractivity contribution is -0.137. The lowest BCUT2D eigenvalue weighted by Gasteiger charge is -2.44. The molecule has 0 spiro atoms. The van der Waals surface area contributed by atoms with Crippen molar-refractivity contribution in [2.45, 2.75) is 37.8 Å². The third-order valence-corrected chi connectivity index (χ3v) is 3.68. The highest BCUT2D eigenvalue weighted by molar-refractivity contribution is 5.80. The van der Waals surface area contributed by atoms with E-state index in [-0.39, 0.29) is 24.7 Å². The summed E-state index contributed by atoms with van der Waals surface area (Å²) in [5, 5.41) is 8.73. The Kier molecular flexibility index (Phi) is 4.06. The number of hydrogen-bond donors (Lipinski definition) is 1. The van der Waals surface area contributed by atoms with Gasteiger partial charge in [-0.15, -0.1) is 0 Å². The van der Waals surface area contributed by atoms with Crippen LogP contribution in [0.3, 0.4) is 0 Å². The Morgan fingerprint density at radius 3 is 2.83 bits per heavy atom. The number of ether oxygens (including phenoxy) is 1. The van der Waals surface area contributed by atoms with E-state index in [0.29, 0.717) is 13.2 Å². The molecular weight excluding hydrogens is 236 g/mol. The van der Waals surface area contributed by atoms with Gasteiger partial charge in [-0.3, -0.25) is 4.79 Å². The molecule has 0 aromatic heterocycles. The maximum absolute atomic E-state index is 12.2. The van der Waals surface area contributed by atoms with Crippen LogP contribution < -0.4 is 0 Å². The van der Waals surface area contributed by atoms with Crippen LogP contribution in [-0.2, 0) is 9.53 Å². The van der Waals surface area contributed by atoms with E-state index in [1.807, 2.05) is 0 Å². The highest BCUT2D eigenvalue weighted by Gasteiger charge is 2.37. The zero-order chi connectivity index (χ0) is 13.1. The molecule has 2 amide bonds. The molecule has 1 aliphatic heterocycles. The predicted octanol–water partition coefficient (Wildman–Crippen LogP) is 0.766. The van der Waals surface area contributed by atoms with E-state index in [4.69, 9.17) is 9.84 Å². The number of carbonyl (C=O) groups excluding carboxylic acids is 1. The van der Waals surface area contributed by atoms with E-state index in [1.165, 1.54) is 11.9 Å². The van der Waals surface area contributed by atoms with Crippen LogP contribution in [-0.4, -0.2) is 65.8 Å². The van der Waals surface area contributed by atoms with E-state index >= 15 is 0 Å². The SMILES string of the molecule is CN(CC(=O)O)C(=O)N1CCOC2CCCCC21. The monoisotopic (exact) mass is 256 g/mol. The smallest absolute Gasteiger partial charge is 0.323 e. The van der Waals surface area contributed by atoms with E-state index in [2.05, 4.69) is 0 Å². The van der Waals surface area contributed by atoms with Crippen LogP contribution in [0.1, 0.15) is 25.7 Å². The van der Waals surface area contributed by atoms with Gasteiger partial charge in [0.25, 0.3) is 0 Å². The van der Waals surface area contributed by atoms with Crippen LogP contribution in [0, 0.1) is 0 Å². The number of carboxylic acid groups (broad SMARTS) is 1. The maximum Gasteiger partial charge on any atom is 0.323 e. The van der Waals surface area contributed by atoms with E-state index < -0.39 is 5.97 Å². The largest absolute Gasteiger partial charge is 0.480 e. The summed E-state index contributed by atoms with van der Waals surface area (Å²) in [6.07, 6.45) is 4.34. The van der Waals surface area contributed by atoms with Crippen molar-refractivity contribution in [3.05, 3.63) is 0 Å². The summed E-state index contributed by atoms with van der Waals surface area (Å²) in [6.45, 7) is 0.853. The van der Waals surface area contributed by atoms with Gasteiger partial charge in [-0.1, -0.05) is 12.8 Å². The Morgan fingerprint density at radius 1 is 1.39 bits per heavy atom. The molecule has 0 radical (unpaired) electrons. The third-order valence-electron chi connectivity index (χ3n) is 3.68. The van der Waals surface area contributed by atoms with Gasteiger partial charge in [0.2, 0.25) is 0 Å². The van der Waals surface area contributed by atoms with Crippen LogP contribution in [0.2, 0.25) is 0 Å². The molecule has 6 heteroatoms. The number of nitrogens with zero attached hydrogens (tertiary/aromatic N) is 2. The molecule has 2 atom stereocenters. The number of rotatable bonds is 2. The zero-order valence-corrected chi connectivity index (χ0v) is 10.7.